The van der Waals surface area contributed by atoms with Crippen molar-refractivity contribution in [1.82, 2.24) is 4.72 Å². The zero-order valence-corrected chi connectivity index (χ0v) is 11.2. The Morgan fingerprint density at radius 2 is 2.17 bits per heavy atom. The van der Waals surface area contributed by atoms with Crippen LogP contribution < -0.4 is 10.5 Å². The number of aliphatic hydroxyl groups is 1. The van der Waals surface area contributed by atoms with Crippen molar-refractivity contribution in [2.24, 2.45) is 0 Å². The Morgan fingerprint density at radius 3 is 2.72 bits per heavy atom. The van der Waals surface area contributed by atoms with Gasteiger partial charge in [-0.3, -0.25) is 0 Å². The Bertz CT molecular complexity index is 502. The number of methoxy groups -OCH3 is 1. The maximum Gasteiger partial charge on any atom is 0.242 e. The van der Waals surface area contributed by atoms with Crippen LogP contribution in [0, 0.1) is 6.92 Å². The maximum absolute atomic E-state index is 11.9. The molecule has 18 heavy (non-hydrogen) atoms. The van der Waals surface area contributed by atoms with E-state index in [1.807, 2.05) is 6.92 Å². The molecule has 4 N–H and O–H groups in total. The molecule has 0 aromatic heterocycles. The number of rotatable bonds is 6. The number of sulfonamides is 1. The lowest BCUT2D eigenvalue weighted by molar-refractivity contribution is 0.0679. The van der Waals surface area contributed by atoms with Crippen molar-refractivity contribution >= 4 is 15.7 Å². The number of anilines is 1. The third-order valence-electron chi connectivity index (χ3n) is 2.32. The average Bonchev–Trinajstić information content (AvgIpc) is 2.26. The van der Waals surface area contributed by atoms with E-state index in [2.05, 4.69) is 4.72 Å². The summed E-state index contributed by atoms with van der Waals surface area (Å²) in [6.07, 6.45) is -0.892. The highest BCUT2D eigenvalue weighted by Gasteiger charge is 2.18. The fourth-order valence-corrected chi connectivity index (χ4v) is 2.63. The highest BCUT2D eigenvalue weighted by atomic mass is 32.2. The molecule has 0 aliphatic heterocycles. The third kappa shape index (κ3) is 3.95. The maximum atomic E-state index is 11.9. The zero-order chi connectivity index (χ0) is 13.8. The van der Waals surface area contributed by atoms with Gasteiger partial charge in [0, 0.05) is 13.7 Å². The molecule has 0 heterocycles. The third-order valence-corrected chi connectivity index (χ3v) is 3.82. The lowest BCUT2D eigenvalue weighted by Crippen LogP contribution is -2.34. The molecule has 1 aromatic carbocycles. The first-order valence-corrected chi connectivity index (χ1v) is 6.88. The van der Waals surface area contributed by atoms with E-state index in [-0.39, 0.29) is 23.7 Å². The molecule has 0 fully saturated rings. The molecule has 0 aliphatic carbocycles. The minimum atomic E-state index is -3.71. The highest BCUT2D eigenvalue weighted by molar-refractivity contribution is 7.89. The summed E-state index contributed by atoms with van der Waals surface area (Å²) in [6.45, 7) is 1.76. The van der Waals surface area contributed by atoms with Crippen LogP contribution in [0.2, 0.25) is 0 Å². The Kier molecular flexibility index (Phi) is 5.09. The van der Waals surface area contributed by atoms with Crippen molar-refractivity contribution in [3.05, 3.63) is 23.8 Å². The number of nitrogens with one attached hydrogen (secondary N) is 1. The van der Waals surface area contributed by atoms with E-state index in [9.17, 15) is 13.5 Å². The summed E-state index contributed by atoms with van der Waals surface area (Å²) in [5.74, 6) is 0. The van der Waals surface area contributed by atoms with Crippen LogP contribution in [0.3, 0.4) is 0 Å². The number of aryl methyl sites for hydroxylation is 1. The lowest BCUT2D eigenvalue weighted by Gasteiger charge is -2.12. The van der Waals surface area contributed by atoms with E-state index in [1.54, 1.807) is 12.1 Å². The molecule has 7 heteroatoms. The zero-order valence-electron chi connectivity index (χ0n) is 10.4. The average molecular weight is 274 g/mol. The standard InChI is InChI=1S/C11H18N2O4S/c1-8-3-4-11(10(12)5-8)18(15,16)13-6-9(14)7-17-2/h3-5,9,13-14H,6-7,12H2,1-2H3. The molecule has 1 aromatic rings. The summed E-state index contributed by atoms with van der Waals surface area (Å²) in [5.41, 5.74) is 6.73. The molecule has 1 unspecified atom stereocenters. The van der Waals surface area contributed by atoms with Gasteiger partial charge in [0.15, 0.2) is 0 Å². The Morgan fingerprint density at radius 1 is 1.50 bits per heavy atom. The minimum absolute atomic E-state index is 0.0118. The predicted octanol–water partition coefficient (Wildman–Crippen LogP) is -0.137. The summed E-state index contributed by atoms with van der Waals surface area (Å²) >= 11 is 0. The Labute approximate surface area is 107 Å². The summed E-state index contributed by atoms with van der Waals surface area (Å²) in [6, 6.07) is 4.69. The van der Waals surface area contributed by atoms with Crippen molar-refractivity contribution in [3.8, 4) is 0 Å². The van der Waals surface area contributed by atoms with Gasteiger partial charge < -0.3 is 15.6 Å². The fourth-order valence-electron chi connectivity index (χ4n) is 1.45. The SMILES string of the molecule is COCC(O)CNS(=O)(=O)c1ccc(C)cc1N. The number of hydrogen-bond donors (Lipinski definition) is 3. The van der Waals surface area contributed by atoms with Crippen LogP contribution in [0.25, 0.3) is 0 Å². The van der Waals surface area contributed by atoms with Crippen LogP contribution in [0.1, 0.15) is 5.56 Å². The van der Waals surface area contributed by atoms with Gasteiger partial charge in [-0.1, -0.05) is 6.07 Å². The van der Waals surface area contributed by atoms with Crippen LogP contribution in [-0.2, 0) is 14.8 Å². The monoisotopic (exact) mass is 274 g/mol. The topological polar surface area (TPSA) is 102 Å². The summed E-state index contributed by atoms with van der Waals surface area (Å²) in [4.78, 5) is 0.0118. The van der Waals surface area contributed by atoms with Crippen LogP contribution in [0.15, 0.2) is 23.1 Å². The van der Waals surface area contributed by atoms with Crippen LogP contribution in [0.4, 0.5) is 5.69 Å². The molecule has 0 amide bonds. The second-order valence-electron chi connectivity index (χ2n) is 4.00. The van der Waals surface area contributed by atoms with Gasteiger partial charge in [0.25, 0.3) is 0 Å². The van der Waals surface area contributed by atoms with Crippen LogP contribution >= 0.6 is 0 Å². The van der Waals surface area contributed by atoms with Crippen molar-refractivity contribution in [2.75, 3.05) is 26.0 Å². The molecule has 1 atom stereocenters. The van der Waals surface area contributed by atoms with Gasteiger partial charge >= 0.3 is 0 Å². The summed E-state index contributed by atoms with van der Waals surface area (Å²) in [5, 5.41) is 9.39. The quantitative estimate of drug-likeness (QED) is 0.627. The number of nitrogen functional groups attached to an aromatic ring is 1. The van der Waals surface area contributed by atoms with Crippen molar-refractivity contribution in [1.29, 1.82) is 0 Å². The molecular formula is C11H18N2O4S. The van der Waals surface area contributed by atoms with Crippen LogP contribution in [-0.4, -0.2) is 39.9 Å². The van der Waals surface area contributed by atoms with E-state index in [0.29, 0.717) is 0 Å². The largest absolute Gasteiger partial charge is 0.398 e. The van der Waals surface area contributed by atoms with Gasteiger partial charge in [-0.2, -0.15) is 0 Å². The van der Waals surface area contributed by atoms with Gasteiger partial charge in [-0.25, -0.2) is 13.1 Å². The van der Waals surface area contributed by atoms with Gasteiger partial charge in [0.1, 0.15) is 4.90 Å². The smallest absolute Gasteiger partial charge is 0.242 e. The van der Waals surface area contributed by atoms with Crippen molar-refractivity contribution < 1.29 is 18.3 Å². The first-order chi connectivity index (χ1) is 8.36. The van der Waals surface area contributed by atoms with Gasteiger partial charge in [-0.15, -0.1) is 0 Å². The van der Waals surface area contributed by atoms with Gasteiger partial charge in [0.05, 0.1) is 18.4 Å². The highest BCUT2D eigenvalue weighted by Crippen LogP contribution is 2.19. The normalized spacial score (nSPS) is 13.5. The number of ether oxygens (including phenoxy) is 1. The Balaban J connectivity index is 2.80. The lowest BCUT2D eigenvalue weighted by atomic mass is 10.2. The van der Waals surface area contributed by atoms with Gasteiger partial charge in [0.2, 0.25) is 10.0 Å². The number of nitrogens with two attached hydrogens (primary N) is 1. The summed E-state index contributed by atoms with van der Waals surface area (Å²) < 4.78 is 30.8. The van der Waals surface area contributed by atoms with Gasteiger partial charge in [-0.05, 0) is 24.6 Å². The second kappa shape index (κ2) is 6.14. The molecule has 0 spiro atoms. The van der Waals surface area contributed by atoms with E-state index < -0.39 is 16.1 Å². The molecule has 0 aliphatic rings. The second-order valence-corrected chi connectivity index (χ2v) is 5.74. The Hall–Kier alpha value is -1.15. The first-order valence-electron chi connectivity index (χ1n) is 5.39. The van der Waals surface area contributed by atoms with E-state index in [0.717, 1.165) is 5.56 Å². The number of hydrogen-bond acceptors (Lipinski definition) is 5. The van der Waals surface area contributed by atoms with E-state index >= 15 is 0 Å². The molecule has 6 nitrogen and oxygen atoms in total. The van der Waals surface area contributed by atoms with E-state index in [4.69, 9.17) is 10.5 Å². The molecule has 0 saturated heterocycles. The predicted molar refractivity (Wildman–Crippen MR) is 68.7 cm³/mol. The molecule has 0 bridgehead atoms. The molecule has 0 radical (unpaired) electrons. The van der Waals surface area contributed by atoms with Crippen molar-refractivity contribution in [2.45, 2.75) is 17.9 Å². The number of aliphatic hydroxyl groups excluding tert-OH is 1. The number of benzene rings is 1. The fraction of sp³-hybridized carbons (Fsp3) is 0.455. The molecule has 0 saturated carbocycles. The molecule has 1 rings (SSSR count). The first kappa shape index (κ1) is 14.9. The van der Waals surface area contributed by atoms with E-state index in [1.165, 1.54) is 13.2 Å². The summed E-state index contributed by atoms with van der Waals surface area (Å²) in [7, 11) is -2.29. The van der Waals surface area contributed by atoms with Crippen molar-refractivity contribution in [3.63, 3.8) is 0 Å². The minimum Gasteiger partial charge on any atom is -0.398 e. The van der Waals surface area contributed by atoms with Crippen LogP contribution in [0.5, 0.6) is 0 Å². The molecular weight excluding hydrogens is 256 g/mol. The molecule has 102 valence electrons.